The first-order chi connectivity index (χ1) is 12.8. The monoisotopic (exact) mass is 376 g/mol. The number of benzene rings is 1. The van der Waals surface area contributed by atoms with Crippen LogP contribution in [0.2, 0.25) is 0 Å². The van der Waals surface area contributed by atoms with Crippen LogP contribution in [0.1, 0.15) is 12.5 Å². The summed E-state index contributed by atoms with van der Waals surface area (Å²) in [5.41, 5.74) is 3.03. The fourth-order valence-electron chi connectivity index (χ4n) is 2.90. The van der Waals surface area contributed by atoms with Crippen LogP contribution < -0.4 is 10.7 Å². The Labute approximate surface area is 154 Å². The van der Waals surface area contributed by atoms with Gasteiger partial charge in [0.2, 0.25) is 5.96 Å². The van der Waals surface area contributed by atoms with Gasteiger partial charge in [-0.3, -0.25) is 10.1 Å². The van der Waals surface area contributed by atoms with Gasteiger partial charge in [0.15, 0.2) is 12.2 Å². The van der Waals surface area contributed by atoms with Crippen LogP contribution in [0.15, 0.2) is 28.3 Å². The molecule has 1 fully saturated rings. The Kier molecular flexibility index (Phi) is 4.86. The van der Waals surface area contributed by atoms with Gasteiger partial charge in [-0.2, -0.15) is 5.10 Å². The zero-order chi connectivity index (χ0) is 19.7. The number of hydrazone groups is 1. The molecule has 2 aliphatic heterocycles. The summed E-state index contributed by atoms with van der Waals surface area (Å²) >= 11 is 0. The second-order valence-corrected chi connectivity index (χ2v) is 6.33. The highest BCUT2D eigenvalue weighted by Crippen LogP contribution is 2.24. The molecule has 0 saturated carbocycles. The van der Waals surface area contributed by atoms with Crippen molar-refractivity contribution in [1.82, 2.24) is 20.5 Å². The average molecular weight is 376 g/mol. The smallest absolute Gasteiger partial charge is 0.325 e. The number of phenolic OH excluding ortho intramolecular Hbond substituents is 2. The van der Waals surface area contributed by atoms with E-state index in [1.165, 1.54) is 41.3 Å². The molecule has 144 valence electrons. The van der Waals surface area contributed by atoms with E-state index in [1.807, 2.05) is 0 Å². The number of fused-ring (bicyclic) bond motifs is 1. The molecule has 11 heteroatoms. The molecule has 3 atom stereocenters. The van der Waals surface area contributed by atoms with Crippen LogP contribution in [0.5, 0.6) is 11.5 Å². The number of likely N-dealkylation sites (N-methyl/N-ethyl adjacent to an activating group) is 1. The van der Waals surface area contributed by atoms with E-state index in [9.17, 15) is 24.9 Å². The molecule has 3 unspecified atom stereocenters. The molecule has 0 aromatic heterocycles. The lowest BCUT2D eigenvalue weighted by Gasteiger charge is -2.36. The summed E-state index contributed by atoms with van der Waals surface area (Å²) in [5.74, 6) is -0.543. The summed E-state index contributed by atoms with van der Waals surface area (Å²) in [5, 5.41) is 35.1. The molecule has 5 N–H and O–H groups in total. The number of β-amino-alcohol motifs (C(OH)–C–C–N with tert-alkyl or cyclic N) is 1. The van der Waals surface area contributed by atoms with Gasteiger partial charge in [-0.15, -0.1) is 0 Å². The van der Waals surface area contributed by atoms with Crippen LogP contribution in [0.4, 0.5) is 4.79 Å². The van der Waals surface area contributed by atoms with E-state index in [2.05, 4.69) is 20.8 Å². The minimum absolute atomic E-state index is 0.0799. The first-order valence-corrected chi connectivity index (χ1v) is 8.19. The molecule has 2 heterocycles. The van der Waals surface area contributed by atoms with E-state index in [4.69, 9.17) is 0 Å². The Bertz CT molecular complexity index is 824. The molecule has 1 saturated heterocycles. The van der Waals surface area contributed by atoms with E-state index >= 15 is 0 Å². The maximum atomic E-state index is 12.3. The van der Waals surface area contributed by atoms with Crippen LogP contribution in [0.25, 0.3) is 0 Å². The van der Waals surface area contributed by atoms with Gasteiger partial charge in [-0.25, -0.2) is 15.2 Å². The first-order valence-electron chi connectivity index (χ1n) is 8.19. The van der Waals surface area contributed by atoms with Crippen LogP contribution in [0.3, 0.4) is 0 Å². The number of aromatic hydroxyl groups is 2. The summed E-state index contributed by atoms with van der Waals surface area (Å²) in [6.07, 6.45) is -0.184. The van der Waals surface area contributed by atoms with Crippen molar-refractivity contribution < 1.29 is 24.9 Å². The summed E-state index contributed by atoms with van der Waals surface area (Å²) < 4.78 is 0. The van der Waals surface area contributed by atoms with Gasteiger partial charge < -0.3 is 25.1 Å². The van der Waals surface area contributed by atoms with Crippen molar-refractivity contribution in [3.05, 3.63) is 23.8 Å². The fourth-order valence-corrected chi connectivity index (χ4v) is 2.90. The average Bonchev–Trinajstić information content (AvgIpc) is 2.93. The number of nitrogens with one attached hydrogen (secondary N) is 2. The second kappa shape index (κ2) is 7.11. The molecule has 11 nitrogen and oxygen atoms in total. The molecular formula is C16H20N6O5. The number of guanidine groups is 1. The summed E-state index contributed by atoms with van der Waals surface area (Å²) in [6, 6.07) is 2.70. The fraction of sp³-hybridized carbons (Fsp3) is 0.375. The number of carbonyl (C=O) groups excluding carboxylic acids is 2. The van der Waals surface area contributed by atoms with Crippen molar-refractivity contribution in [2.75, 3.05) is 13.6 Å². The molecule has 2 aliphatic rings. The number of aliphatic hydroxyl groups is 1. The van der Waals surface area contributed by atoms with Crippen molar-refractivity contribution in [3.63, 3.8) is 0 Å². The zero-order valence-corrected chi connectivity index (χ0v) is 14.7. The number of imide groups is 1. The second-order valence-electron chi connectivity index (χ2n) is 6.33. The van der Waals surface area contributed by atoms with Crippen molar-refractivity contribution in [1.29, 1.82) is 0 Å². The third-order valence-corrected chi connectivity index (χ3v) is 4.20. The predicted octanol–water partition coefficient (Wildman–Crippen LogP) is -1.05. The first kappa shape index (κ1) is 18.5. The Morgan fingerprint density at radius 2 is 2.15 bits per heavy atom. The minimum atomic E-state index is -0.790. The van der Waals surface area contributed by atoms with E-state index in [1.54, 1.807) is 6.92 Å². The number of hydrogen-bond acceptors (Lipinski definition) is 9. The number of carbonyl (C=O) groups is 2. The van der Waals surface area contributed by atoms with E-state index in [-0.39, 0.29) is 24.0 Å². The van der Waals surface area contributed by atoms with Crippen molar-refractivity contribution in [2.24, 2.45) is 10.1 Å². The highest BCUT2D eigenvalue weighted by Gasteiger charge is 2.48. The van der Waals surface area contributed by atoms with Crippen LogP contribution in [-0.2, 0) is 4.79 Å². The zero-order valence-electron chi connectivity index (χ0n) is 14.7. The Morgan fingerprint density at radius 1 is 1.41 bits per heavy atom. The lowest BCUT2D eigenvalue weighted by Crippen LogP contribution is -2.64. The lowest BCUT2D eigenvalue weighted by atomic mass is 10.1. The molecule has 27 heavy (non-hydrogen) atoms. The number of rotatable bonds is 4. The lowest BCUT2D eigenvalue weighted by molar-refractivity contribution is -0.127. The third kappa shape index (κ3) is 3.62. The van der Waals surface area contributed by atoms with E-state index < -0.39 is 30.2 Å². The number of aliphatic hydroxyl groups excluding tert-OH is 1. The molecule has 3 amide bonds. The van der Waals surface area contributed by atoms with Gasteiger partial charge in [0.05, 0.1) is 12.3 Å². The number of amides is 3. The standard InChI is InChI=1S/C16H20N6O5/c1-8(23)7-22-12-13(21(2)16(27)19-14(12)26)18-15(22)20-17-6-9-3-4-10(24)5-11(9)25/h3-6,8,12-13,23-25H,7H2,1-2H3,(H,18,20)(H,19,26,27)/b17-6+. The van der Waals surface area contributed by atoms with Gasteiger partial charge in [-0.05, 0) is 19.1 Å². The molecular weight excluding hydrogens is 356 g/mol. The Hall–Kier alpha value is -3.34. The van der Waals surface area contributed by atoms with E-state index in [0.29, 0.717) is 5.56 Å². The number of phenols is 2. The van der Waals surface area contributed by atoms with Gasteiger partial charge in [0.25, 0.3) is 5.91 Å². The van der Waals surface area contributed by atoms with Crippen LogP contribution in [0, 0.1) is 0 Å². The number of aliphatic imine (C=N–C) groups is 1. The maximum absolute atomic E-state index is 12.3. The third-order valence-electron chi connectivity index (χ3n) is 4.20. The Morgan fingerprint density at radius 3 is 2.81 bits per heavy atom. The topological polar surface area (TPSA) is 150 Å². The number of nitrogens with zero attached hydrogens (tertiary/aromatic N) is 4. The van der Waals surface area contributed by atoms with Gasteiger partial charge >= 0.3 is 6.03 Å². The molecule has 0 spiro atoms. The van der Waals surface area contributed by atoms with E-state index in [0.717, 1.165) is 0 Å². The molecule has 1 aromatic rings. The molecule has 0 bridgehead atoms. The Balaban J connectivity index is 1.82. The molecule has 3 rings (SSSR count). The number of hydrogen-bond donors (Lipinski definition) is 5. The van der Waals surface area contributed by atoms with Crippen molar-refractivity contribution in [2.45, 2.75) is 25.2 Å². The SMILES string of the molecule is CC(O)CN1C(N/N=C/c2ccc(O)cc2O)=NC2C1C(=O)NC(=O)N2C. The summed E-state index contributed by atoms with van der Waals surface area (Å²) in [4.78, 5) is 31.2. The summed E-state index contributed by atoms with van der Waals surface area (Å²) in [6.45, 7) is 1.67. The molecule has 1 aromatic carbocycles. The maximum Gasteiger partial charge on any atom is 0.325 e. The van der Waals surface area contributed by atoms with Crippen molar-refractivity contribution >= 4 is 24.1 Å². The quantitative estimate of drug-likeness (QED) is 0.332. The number of urea groups is 1. The van der Waals surface area contributed by atoms with Gasteiger partial charge in [0.1, 0.15) is 11.5 Å². The van der Waals surface area contributed by atoms with Gasteiger partial charge in [0, 0.05) is 25.2 Å². The largest absolute Gasteiger partial charge is 0.508 e. The van der Waals surface area contributed by atoms with Gasteiger partial charge in [-0.1, -0.05) is 0 Å². The molecule has 0 radical (unpaired) electrons. The van der Waals surface area contributed by atoms with Crippen LogP contribution in [-0.4, -0.2) is 81.1 Å². The normalized spacial score (nSPS) is 23.3. The minimum Gasteiger partial charge on any atom is -0.508 e. The highest BCUT2D eigenvalue weighted by molar-refractivity contribution is 6.03. The van der Waals surface area contributed by atoms with Crippen molar-refractivity contribution in [3.8, 4) is 11.5 Å². The predicted molar refractivity (Wildman–Crippen MR) is 95.2 cm³/mol. The summed E-state index contributed by atoms with van der Waals surface area (Å²) in [7, 11) is 1.52. The molecule has 0 aliphatic carbocycles. The highest BCUT2D eigenvalue weighted by atomic mass is 16.3. The van der Waals surface area contributed by atoms with Crippen LogP contribution >= 0.6 is 0 Å².